The van der Waals surface area contributed by atoms with Crippen molar-refractivity contribution in [1.29, 1.82) is 0 Å². The number of azide groups is 1. The fraction of sp³-hybridized carbons (Fsp3) is 0.436. The number of fused-ring (bicyclic) bond motifs is 3. The van der Waals surface area contributed by atoms with Crippen LogP contribution in [0, 0.1) is 20.2 Å². The van der Waals surface area contributed by atoms with Crippen LogP contribution < -0.4 is 5.32 Å². The normalized spacial score (nSPS) is 20.5. The van der Waals surface area contributed by atoms with Gasteiger partial charge in [0.05, 0.1) is 32.2 Å². The van der Waals surface area contributed by atoms with Gasteiger partial charge in [0.25, 0.3) is 11.4 Å². The Morgan fingerprint density at radius 1 is 0.933 bits per heavy atom. The van der Waals surface area contributed by atoms with Crippen molar-refractivity contribution in [2.75, 3.05) is 13.2 Å². The van der Waals surface area contributed by atoms with E-state index >= 15 is 0 Å². The second-order valence-electron chi connectivity index (χ2n) is 14.7. The van der Waals surface area contributed by atoms with Crippen LogP contribution in [-0.2, 0) is 42.8 Å². The van der Waals surface area contributed by atoms with Crippen LogP contribution >= 0.6 is 11.8 Å². The predicted octanol–water partition coefficient (Wildman–Crippen LogP) is 6.52. The van der Waals surface area contributed by atoms with E-state index in [9.17, 15) is 44.9 Å². The minimum absolute atomic E-state index is 0.0934. The summed E-state index contributed by atoms with van der Waals surface area (Å²) in [5.41, 5.74) is 11.3. The standard InChI is InChI=1S/C39H42N6O14S/c1-20(32(36(48)59-39(4,5)6)41-38(49)55-18-28-26-13-9-7-11-24(26)25-12-8-10-14-27(25)28)56-37-33(42-43-40)35(34(57-22(3)47)30(58-37)19-54-21(2)46)60-31-16-15-23(44(50)51)17-29(31)45(52)53/h7-17,20,28,30,32-35,37H,18-19H2,1-6H3,(H,41,49)/t20-,30-,32+,33-,34+,35-,37+/m1/s1. The average molecular weight is 851 g/mol. The average Bonchev–Trinajstić information content (AvgIpc) is 3.49. The lowest BCUT2D eigenvalue weighted by atomic mass is 9.98. The number of benzene rings is 3. The second-order valence-corrected chi connectivity index (χ2v) is 15.9. The number of nitrogens with zero attached hydrogens (tertiary/aromatic N) is 5. The molecule has 7 atom stereocenters. The molecule has 0 aromatic heterocycles. The molecule has 0 radical (unpaired) electrons. The number of carbonyl (C=O) groups is 4. The van der Waals surface area contributed by atoms with E-state index in [1.54, 1.807) is 20.8 Å². The monoisotopic (exact) mass is 850 g/mol. The number of nitro benzene ring substituents is 2. The molecule has 0 bridgehead atoms. The Kier molecular flexibility index (Phi) is 14.3. The number of nitrogens with one attached hydrogen (secondary N) is 1. The highest BCUT2D eigenvalue weighted by Crippen LogP contribution is 2.45. The van der Waals surface area contributed by atoms with Gasteiger partial charge in [-0.25, -0.2) is 9.59 Å². The van der Waals surface area contributed by atoms with Gasteiger partial charge < -0.3 is 33.7 Å². The smallest absolute Gasteiger partial charge is 0.407 e. The molecule has 1 saturated heterocycles. The number of ether oxygens (including phenoxy) is 6. The number of non-ortho nitro benzene ring substituents is 1. The number of rotatable bonds is 15. The molecule has 3 aromatic rings. The first-order chi connectivity index (χ1) is 28.4. The first-order valence-electron chi connectivity index (χ1n) is 18.5. The summed E-state index contributed by atoms with van der Waals surface area (Å²) in [6, 6.07) is 15.2. The van der Waals surface area contributed by atoms with Gasteiger partial charge in [-0.2, -0.15) is 0 Å². The molecular weight excluding hydrogens is 809 g/mol. The first kappa shape index (κ1) is 44.8. The Labute approximate surface area is 347 Å². The van der Waals surface area contributed by atoms with Crippen molar-refractivity contribution in [3.63, 3.8) is 0 Å². The molecule has 20 nitrogen and oxygen atoms in total. The third-order valence-corrected chi connectivity index (χ3v) is 10.7. The van der Waals surface area contributed by atoms with Crippen LogP contribution in [0.25, 0.3) is 21.6 Å². The number of hydrogen-bond acceptors (Lipinski definition) is 16. The SMILES string of the molecule is CC(=O)OC[C@H]1O[C@H](O[C@H](C)[C@H](NC(=O)OCC2c3ccccc3-c3ccccc32)C(=O)OC(C)(C)C)[C@H](N=[N+]=[N-])[C@@H](Sc2ccc([N+](=O)[O-])cc2[N+](=O)[O-])[C@H]1OC(C)=O. The lowest BCUT2D eigenvalue weighted by Crippen LogP contribution is -2.60. The Hall–Kier alpha value is -6.28. The van der Waals surface area contributed by atoms with Crippen LogP contribution in [-0.4, -0.2) is 94.6 Å². The molecule has 3 aromatic carbocycles. The van der Waals surface area contributed by atoms with Crippen molar-refractivity contribution in [2.45, 2.75) is 99.9 Å². The number of amides is 1. The number of hydrogen-bond donors (Lipinski definition) is 1. The Morgan fingerprint density at radius 2 is 1.57 bits per heavy atom. The van der Waals surface area contributed by atoms with Gasteiger partial charge in [-0.05, 0) is 61.5 Å². The molecule has 318 valence electrons. The Bertz CT molecular complexity index is 2150. The van der Waals surface area contributed by atoms with Crippen LogP contribution in [0.15, 0.2) is 76.7 Å². The molecular formula is C39H42N6O14S. The predicted molar refractivity (Wildman–Crippen MR) is 212 cm³/mol. The van der Waals surface area contributed by atoms with Crippen LogP contribution in [0.4, 0.5) is 16.2 Å². The van der Waals surface area contributed by atoms with E-state index in [1.807, 2.05) is 48.5 Å². The van der Waals surface area contributed by atoms with Crippen molar-refractivity contribution in [3.05, 3.63) is 109 Å². The summed E-state index contributed by atoms with van der Waals surface area (Å²) >= 11 is 0.661. The molecule has 1 heterocycles. The largest absolute Gasteiger partial charge is 0.463 e. The molecule has 1 fully saturated rings. The van der Waals surface area contributed by atoms with E-state index in [4.69, 9.17) is 28.4 Å². The molecule has 0 unspecified atom stereocenters. The van der Waals surface area contributed by atoms with Crippen molar-refractivity contribution in [2.24, 2.45) is 5.11 Å². The summed E-state index contributed by atoms with van der Waals surface area (Å²) in [7, 11) is 0. The van der Waals surface area contributed by atoms with Gasteiger partial charge in [-0.15, -0.1) is 11.8 Å². The second kappa shape index (κ2) is 19.2. The minimum Gasteiger partial charge on any atom is -0.463 e. The number of nitro groups is 2. The molecule has 5 rings (SSSR count). The van der Waals surface area contributed by atoms with Gasteiger partial charge in [0, 0.05) is 30.7 Å². The summed E-state index contributed by atoms with van der Waals surface area (Å²) in [5.74, 6) is -2.86. The van der Waals surface area contributed by atoms with E-state index in [0.29, 0.717) is 11.8 Å². The molecule has 0 saturated carbocycles. The van der Waals surface area contributed by atoms with Gasteiger partial charge in [-0.1, -0.05) is 53.6 Å². The summed E-state index contributed by atoms with van der Waals surface area (Å²) in [4.78, 5) is 76.3. The number of carbonyl (C=O) groups excluding carboxylic acids is 4. The van der Waals surface area contributed by atoms with Crippen molar-refractivity contribution < 1.29 is 57.4 Å². The zero-order valence-corrected chi connectivity index (χ0v) is 34.1. The number of thioether (sulfide) groups is 1. The number of alkyl carbamates (subject to hydrolysis) is 1. The molecule has 0 spiro atoms. The van der Waals surface area contributed by atoms with E-state index < -0.39 is 99.4 Å². The fourth-order valence-electron chi connectivity index (χ4n) is 6.79. The highest BCUT2D eigenvalue weighted by Gasteiger charge is 2.51. The van der Waals surface area contributed by atoms with Crippen molar-refractivity contribution in [3.8, 4) is 11.1 Å². The van der Waals surface area contributed by atoms with E-state index in [1.165, 1.54) is 6.92 Å². The third kappa shape index (κ3) is 10.9. The van der Waals surface area contributed by atoms with E-state index in [-0.39, 0.29) is 17.4 Å². The molecule has 21 heteroatoms. The summed E-state index contributed by atoms with van der Waals surface area (Å²) < 4.78 is 34.5. The van der Waals surface area contributed by atoms with Crippen LogP contribution in [0.3, 0.4) is 0 Å². The highest BCUT2D eigenvalue weighted by atomic mass is 32.2. The van der Waals surface area contributed by atoms with Crippen LogP contribution in [0.2, 0.25) is 0 Å². The first-order valence-corrected chi connectivity index (χ1v) is 19.4. The number of esters is 3. The lowest BCUT2D eigenvalue weighted by molar-refractivity contribution is -0.396. The fourth-order valence-corrected chi connectivity index (χ4v) is 8.17. The van der Waals surface area contributed by atoms with Gasteiger partial charge in [-0.3, -0.25) is 29.8 Å². The molecule has 1 aliphatic carbocycles. The minimum atomic E-state index is -1.67. The van der Waals surface area contributed by atoms with Gasteiger partial charge >= 0.3 is 24.0 Å². The van der Waals surface area contributed by atoms with Gasteiger partial charge in [0.1, 0.15) is 37.1 Å². The van der Waals surface area contributed by atoms with Gasteiger partial charge in [0.2, 0.25) is 0 Å². The van der Waals surface area contributed by atoms with E-state index in [0.717, 1.165) is 54.3 Å². The molecule has 1 aliphatic heterocycles. The lowest BCUT2D eigenvalue weighted by Gasteiger charge is -2.44. The highest BCUT2D eigenvalue weighted by molar-refractivity contribution is 8.00. The molecule has 1 amide bonds. The zero-order chi connectivity index (χ0) is 43.9. The maximum Gasteiger partial charge on any atom is 0.407 e. The molecule has 60 heavy (non-hydrogen) atoms. The summed E-state index contributed by atoms with van der Waals surface area (Å²) in [6.07, 6.45) is -6.84. The molecule has 2 aliphatic rings. The molecule has 1 N–H and O–H groups in total. The zero-order valence-electron chi connectivity index (χ0n) is 33.2. The quantitative estimate of drug-likeness (QED) is 0.0324. The van der Waals surface area contributed by atoms with Crippen molar-refractivity contribution >= 4 is 47.1 Å². The van der Waals surface area contributed by atoms with Crippen molar-refractivity contribution in [1.82, 2.24) is 5.32 Å². The van der Waals surface area contributed by atoms with Crippen LogP contribution in [0.5, 0.6) is 0 Å². The van der Waals surface area contributed by atoms with Crippen LogP contribution in [0.1, 0.15) is 58.6 Å². The maximum atomic E-state index is 13.7. The maximum absolute atomic E-state index is 13.7. The Balaban J connectivity index is 1.46. The third-order valence-electron chi connectivity index (χ3n) is 9.26. The van der Waals surface area contributed by atoms with Gasteiger partial charge in [0.15, 0.2) is 12.3 Å². The summed E-state index contributed by atoms with van der Waals surface area (Å²) in [5, 5.41) is 28.6. The summed E-state index contributed by atoms with van der Waals surface area (Å²) in [6.45, 7) is 7.73. The van der Waals surface area contributed by atoms with E-state index in [2.05, 4.69) is 15.3 Å². The topological polar surface area (TPSA) is 271 Å². The Morgan fingerprint density at radius 3 is 2.12 bits per heavy atom.